The van der Waals surface area contributed by atoms with Crippen molar-refractivity contribution in [1.29, 1.82) is 0 Å². The zero-order valence-corrected chi connectivity index (χ0v) is 10.4. The molecule has 1 atom stereocenters. The molecule has 0 aliphatic carbocycles. The number of rotatable bonds is 3. The van der Waals surface area contributed by atoms with Gasteiger partial charge in [0.15, 0.2) is 0 Å². The van der Waals surface area contributed by atoms with Crippen LogP contribution in [0.2, 0.25) is 0 Å². The Morgan fingerprint density at radius 3 is 2.26 bits per heavy atom. The first-order valence-corrected chi connectivity index (χ1v) is 5.87. The molecule has 2 aromatic carbocycles. The van der Waals surface area contributed by atoms with Gasteiger partial charge in [0.2, 0.25) is 0 Å². The van der Waals surface area contributed by atoms with Crippen LogP contribution in [0.1, 0.15) is 18.4 Å². The molecule has 98 valence electrons. The van der Waals surface area contributed by atoms with Crippen LogP contribution in [0.3, 0.4) is 0 Å². The van der Waals surface area contributed by atoms with Gasteiger partial charge in [-0.2, -0.15) is 0 Å². The van der Waals surface area contributed by atoms with Crippen LogP contribution in [0.15, 0.2) is 42.5 Å². The quantitative estimate of drug-likeness (QED) is 0.831. The minimum atomic E-state index is -0.916. The molecule has 4 heteroatoms. The summed E-state index contributed by atoms with van der Waals surface area (Å²) in [7, 11) is 0. The lowest BCUT2D eigenvalue weighted by molar-refractivity contribution is -0.138. The zero-order valence-electron chi connectivity index (χ0n) is 10.4. The van der Waals surface area contributed by atoms with E-state index in [9.17, 15) is 9.18 Å². The summed E-state index contributed by atoms with van der Waals surface area (Å²) in [5, 5.41) is 8.98. The smallest absolute Gasteiger partial charge is 0.310 e. The summed E-state index contributed by atoms with van der Waals surface area (Å²) in [5.41, 5.74) is 8.57. The standard InChI is InChI=1S/C15H14FNO2/c1-9(15(18)19)13-7-4-11(8-14(13)17)10-2-5-12(16)6-3-10/h2-9H,17H2,1H3,(H,18,19). The van der Waals surface area contributed by atoms with Gasteiger partial charge in [-0.3, -0.25) is 4.79 Å². The van der Waals surface area contributed by atoms with Crippen molar-refractivity contribution in [3.8, 4) is 11.1 Å². The van der Waals surface area contributed by atoms with Crippen molar-refractivity contribution in [3.05, 3.63) is 53.8 Å². The monoisotopic (exact) mass is 259 g/mol. The zero-order chi connectivity index (χ0) is 14.0. The first-order chi connectivity index (χ1) is 8.99. The number of hydrogen-bond donors (Lipinski definition) is 2. The number of anilines is 1. The number of carbonyl (C=O) groups is 1. The van der Waals surface area contributed by atoms with E-state index in [0.717, 1.165) is 11.1 Å². The Morgan fingerprint density at radius 1 is 1.16 bits per heavy atom. The molecule has 0 aliphatic heterocycles. The molecule has 0 amide bonds. The van der Waals surface area contributed by atoms with E-state index in [1.165, 1.54) is 12.1 Å². The number of halogens is 1. The molecule has 0 spiro atoms. The Labute approximate surface area is 110 Å². The molecule has 0 aliphatic rings. The van der Waals surface area contributed by atoms with E-state index >= 15 is 0 Å². The van der Waals surface area contributed by atoms with Crippen molar-refractivity contribution >= 4 is 11.7 Å². The summed E-state index contributed by atoms with van der Waals surface area (Å²) >= 11 is 0. The third-order valence-electron chi connectivity index (χ3n) is 3.10. The SMILES string of the molecule is CC(C(=O)O)c1ccc(-c2ccc(F)cc2)cc1N. The number of benzene rings is 2. The lowest BCUT2D eigenvalue weighted by atomic mass is 9.96. The average molecular weight is 259 g/mol. The molecule has 3 N–H and O–H groups in total. The number of carboxylic acid groups (broad SMARTS) is 1. The molecular formula is C15H14FNO2. The van der Waals surface area contributed by atoms with Crippen molar-refractivity contribution in [3.63, 3.8) is 0 Å². The van der Waals surface area contributed by atoms with Gasteiger partial charge >= 0.3 is 5.97 Å². The van der Waals surface area contributed by atoms with Crippen molar-refractivity contribution in [2.24, 2.45) is 0 Å². The summed E-state index contributed by atoms with van der Waals surface area (Å²) in [5.74, 6) is -1.86. The average Bonchev–Trinajstić information content (AvgIpc) is 2.38. The third-order valence-corrected chi connectivity index (χ3v) is 3.10. The van der Waals surface area contributed by atoms with E-state index in [1.807, 2.05) is 0 Å². The Bertz CT molecular complexity index is 608. The van der Waals surface area contributed by atoms with Gasteiger partial charge in [0.25, 0.3) is 0 Å². The molecule has 0 aromatic heterocycles. The van der Waals surface area contributed by atoms with Crippen LogP contribution in [0.4, 0.5) is 10.1 Å². The fraction of sp³-hybridized carbons (Fsp3) is 0.133. The maximum Gasteiger partial charge on any atom is 0.310 e. The summed E-state index contributed by atoms with van der Waals surface area (Å²) in [6.45, 7) is 1.59. The highest BCUT2D eigenvalue weighted by Gasteiger charge is 2.16. The van der Waals surface area contributed by atoms with Crippen LogP contribution in [-0.2, 0) is 4.79 Å². The lowest BCUT2D eigenvalue weighted by Gasteiger charge is -2.12. The predicted octanol–water partition coefficient (Wildman–Crippen LogP) is 3.26. The van der Waals surface area contributed by atoms with Crippen LogP contribution < -0.4 is 5.73 Å². The normalized spacial score (nSPS) is 12.1. The van der Waals surface area contributed by atoms with Gasteiger partial charge in [-0.25, -0.2) is 4.39 Å². The van der Waals surface area contributed by atoms with E-state index in [2.05, 4.69) is 0 Å². The van der Waals surface area contributed by atoms with Gasteiger partial charge < -0.3 is 10.8 Å². The van der Waals surface area contributed by atoms with E-state index in [0.29, 0.717) is 11.3 Å². The summed E-state index contributed by atoms with van der Waals surface area (Å²) < 4.78 is 12.9. The minimum absolute atomic E-state index is 0.298. The van der Waals surface area contributed by atoms with Gasteiger partial charge in [-0.1, -0.05) is 24.3 Å². The summed E-state index contributed by atoms with van der Waals surface area (Å²) in [6.07, 6.45) is 0. The van der Waals surface area contributed by atoms with Crippen molar-refractivity contribution in [2.75, 3.05) is 5.73 Å². The third kappa shape index (κ3) is 2.73. The maximum absolute atomic E-state index is 12.9. The van der Waals surface area contributed by atoms with Gasteiger partial charge in [-0.05, 0) is 41.8 Å². The van der Waals surface area contributed by atoms with Crippen LogP contribution in [0.5, 0.6) is 0 Å². The first kappa shape index (κ1) is 13.1. The van der Waals surface area contributed by atoms with Crippen molar-refractivity contribution in [2.45, 2.75) is 12.8 Å². The van der Waals surface area contributed by atoms with E-state index in [1.54, 1.807) is 37.3 Å². The fourth-order valence-electron chi connectivity index (χ4n) is 1.92. The van der Waals surface area contributed by atoms with Gasteiger partial charge in [0.1, 0.15) is 5.82 Å². The highest BCUT2D eigenvalue weighted by atomic mass is 19.1. The highest BCUT2D eigenvalue weighted by molar-refractivity contribution is 5.79. The number of nitrogens with two attached hydrogens (primary N) is 1. The second-order valence-corrected chi connectivity index (χ2v) is 4.41. The minimum Gasteiger partial charge on any atom is -0.481 e. The van der Waals surface area contributed by atoms with Crippen LogP contribution >= 0.6 is 0 Å². The van der Waals surface area contributed by atoms with Crippen LogP contribution in [0, 0.1) is 5.82 Å². The summed E-state index contributed by atoms with van der Waals surface area (Å²) in [6, 6.07) is 11.3. The van der Waals surface area contributed by atoms with Gasteiger partial charge in [-0.15, -0.1) is 0 Å². The molecule has 19 heavy (non-hydrogen) atoms. The molecule has 0 fully saturated rings. The lowest BCUT2D eigenvalue weighted by Crippen LogP contribution is -2.09. The number of aliphatic carboxylic acids is 1. The molecule has 0 bridgehead atoms. The van der Waals surface area contributed by atoms with Gasteiger partial charge in [0, 0.05) is 5.69 Å². The number of carboxylic acids is 1. The second kappa shape index (κ2) is 5.10. The summed E-state index contributed by atoms with van der Waals surface area (Å²) in [4.78, 5) is 10.9. The highest BCUT2D eigenvalue weighted by Crippen LogP contribution is 2.28. The molecule has 1 unspecified atom stereocenters. The van der Waals surface area contributed by atoms with Crippen molar-refractivity contribution < 1.29 is 14.3 Å². The first-order valence-electron chi connectivity index (χ1n) is 5.87. The Morgan fingerprint density at radius 2 is 1.74 bits per heavy atom. The Hall–Kier alpha value is -2.36. The molecule has 0 heterocycles. The molecule has 2 rings (SSSR count). The topological polar surface area (TPSA) is 63.3 Å². The fourth-order valence-corrected chi connectivity index (χ4v) is 1.92. The molecule has 0 saturated carbocycles. The number of hydrogen-bond acceptors (Lipinski definition) is 2. The predicted molar refractivity (Wildman–Crippen MR) is 72.3 cm³/mol. The largest absolute Gasteiger partial charge is 0.481 e. The van der Waals surface area contributed by atoms with Crippen LogP contribution in [-0.4, -0.2) is 11.1 Å². The van der Waals surface area contributed by atoms with Crippen molar-refractivity contribution in [1.82, 2.24) is 0 Å². The molecule has 2 aromatic rings. The Kier molecular flexibility index (Phi) is 3.51. The van der Waals surface area contributed by atoms with E-state index < -0.39 is 11.9 Å². The molecule has 0 radical (unpaired) electrons. The molecule has 0 saturated heterocycles. The van der Waals surface area contributed by atoms with Gasteiger partial charge in [0.05, 0.1) is 5.92 Å². The Balaban J connectivity index is 2.38. The molecule has 3 nitrogen and oxygen atoms in total. The maximum atomic E-state index is 12.9. The number of nitrogen functional groups attached to an aromatic ring is 1. The van der Waals surface area contributed by atoms with E-state index in [4.69, 9.17) is 10.8 Å². The second-order valence-electron chi connectivity index (χ2n) is 4.41. The molecular weight excluding hydrogens is 245 g/mol. The van der Waals surface area contributed by atoms with E-state index in [-0.39, 0.29) is 5.82 Å². The van der Waals surface area contributed by atoms with Crippen LogP contribution in [0.25, 0.3) is 11.1 Å².